The molecule has 0 aliphatic carbocycles. The number of hydrogen-bond acceptors (Lipinski definition) is 1. The van der Waals surface area contributed by atoms with Crippen LogP contribution in [0.1, 0.15) is 11.1 Å². The van der Waals surface area contributed by atoms with Gasteiger partial charge in [-0.1, -0.05) is 109 Å². The van der Waals surface area contributed by atoms with Gasteiger partial charge in [0.15, 0.2) is 0 Å². The second kappa shape index (κ2) is 7.24. The van der Waals surface area contributed by atoms with Gasteiger partial charge >= 0.3 is 6.85 Å². The van der Waals surface area contributed by atoms with Crippen LogP contribution in [-0.4, -0.2) is 6.85 Å². The van der Waals surface area contributed by atoms with Crippen LogP contribution < -0.4 is 15.7 Å². The Morgan fingerprint density at radius 1 is 0.536 bits per heavy atom. The lowest BCUT2D eigenvalue weighted by Gasteiger charge is -2.38. The van der Waals surface area contributed by atoms with E-state index < -0.39 is 0 Å². The zero-order valence-corrected chi connectivity index (χ0v) is 15.6. The van der Waals surface area contributed by atoms with E-state index in [2.05, 4.69) is 126 Å². The van der Waals surface area contributed by atoms with E-state index in [0.717, 1.165) is 0 Å². The minimum Gasteiger partial charge on any atom is -0.376 e. The third-order valence-corrected chi connectivity index (χ3v) is 5.32. The van der Waals surface area contributed by atoms with E-state index in [9.17, 15) is 0 Å². The molecule has 1 nitrogen and oxygen atoms in total. The Kier molecular flexibility index (Phi) is 4.31. The summed E-state index contributed by atoms with van der Waals surface area (Å²) in [6.45, 7) is 0.125. The summed E-state index contributed by atoms with van der Waals surface area (Å²) < 4.78 is 0. The molecule has 0 bridgehead atoms. The lowest BCUT2D eigenvalue weighted by Crippen LogP contribution is -2.58. The van der Waals surface area contributed by atoms with Gasteiger partial charge in [0.25, 0.3) is 0 Å². The van der Waals surface area contributed by atoms with Crippen LogP contribution in [-0.2, 0) is 0 Å². The van der Waals surface area contributed by atoms with E-state index >= 15 is 0 Å². The highest BCUT2D eigenvalue weighted by molar-refractivity contribution is 6.90. The molecule has 0 spiro atoms. The van der Waals surface area contributed by atoms with E-state index in [0.29, 0.717) is 0 Å². The SMILES string of the molecule is C1=C(c2ccccc2)N(c2ccccc2)B(c2ccccc2)c2ccccc21. The van der Waals surface area contributed by atoms with E-state index in [4.69, 9.17) is 0 Å². The van der Waals surface area contributed by atoms with E-state index in [-0.39, 0.29) is 6.85 Å². The number of anilines is 1. The molecule has 4 aromatic carbocycles. The lowest BCUT2D eigenvalue weighted by molar-refractivity contribution is 1.38. The molecule has 0 saturated heterocycles. The van der Waals surface area contributed by atoms with Crippen molar-refractivity contribution in [2.75, 3.05) is 4.81 Å². The zero-order valence-electron chi connectivity index (χ0n) is 15.6. The Labute approximate surface area is 166 Å². The number of para-hydroxylation sites is 1. The van der Waals surface area contributed by atoms with Crippen molar-refractivity contribution in [3.63, 3.8) is 0 Å². The number of rotatable bonds is 3. The van der Waals surface area contributed by atoms with Crippen LogP contribution in [0.4, 0.5) is 5.69 Å². The van der Waals surface area contributed by atoms with Gasteiger partial charge < -0.3 is 4.81 Å². The summed E-state index contributed by atoms with van der Waals surface area (Å²) >= 11 is 0. The molecule has 0 radical (unpaired) electrons. The minimum absolute atomic E-state index is 0.125. The normalized spacial score (nSPS) is 13.1. The van der Waals surface area contributed by atoms with Crippen molar-refractivity contribution in [2.24, 2.45) is 0 Å². The summed E-state index contributed by atoms with van der Waals surface area (Å²) in [6, 6.07) is 40.9. The highest BCUT2D eigenvalue weighted by Crippen LogP contribution is 2.32. The predicted octanol–water partition coefficient (Wildman–Crippen LogP) is 4.81. The minimum atomic E-state index is 0.125. The summed E-state index contributed by atoms with van der Waals surface area (Å²) in [4.78, 5) is 2.47. The van der Waals surface area contributed by atoms with Gasteiger partial charge in [-0.05, 0) is 34.8 Å². The molecule has 28 heavy (non-hydrogen) atoms. The van der Waals surface area contributed by atoms with Crippen LogP contribution in [0.5, 0.6) is 0 Å². The topological polar surface area (TPSA) is 3.24 Å². The van der Waals surface area contributed by atoms with Gasteiger partial charge in [-0.3, -0.25) is 0 Å². The summed E-state index contributed by atoms with van der Waals surface area (Å²) in [5.41, 5.74) is 7.54. The Morgan fingerprint density at radius 2 is 1.11 bits per heavy atom. The van der Waals surface area contributed by atoms with Crippen molar-refractivity contribution in [1.29, 1.82) is 0 Å². The van der Waals surface area contributed by atoms with Crippen LogP contribution in [0.25, 0.3) is 11.8 Å². The molecule has 5 rings (SSSR count). The molecule has 0 aromatic heterocycles. The first-order valence-corrected chi connectivity index (χ1v) is 9.67. The summed E-state index contributed by atoms with van der Waals surface area (Å²) in [5, 5.41) is 0. The van der Waals surface area contributed by atoms with Crippen molar-refractivity contribution < 1.29 is 0 Å². The number of nitrogens with zero attached hydrogens (tertiary/aromatic N) is 1. The average Bonchev–Trinajstić information content (AvgIpc) is 2.79. The van der Waals surface area contributed by atoms with Crippen molar-refractivity contribution in [2.45, 2.75) is 0 Å². The molecular weight excluding hydrogens is 337 g/mol. The highest BCUT2D eigenvalue weighted by atomic mass is 15.1. The average molecular weight is 357 g/mol. The molecule has 4 aromatic rings. The van der Waals surface area contributed by atoms with Crippen LogP contribution in [0.3, 0.4) is 0 Å². The van der Waals surface area contributed by atoms with E-state index in [1.807, 2.05) is 0 Å². The molecule has 0 unspecified atom stereocenters. The smallest absolute Gasteiger partial charge is 0.328 e. The largest absolute Gasteiger partial charge is 0.376 e. The van der Waals surface area contributed by atoms with Gasteiger partial charge in [0.1, 0.15) is 0 Å². The quantitative estimate of drug-likeness (QED) is 0.476. The first-order chi connectivity index (χ1) is 13.9. The van der Waals surface area contributed by atoms with Crippen LogP contribution in [0.2, 0.25) is 0 Å². The number of hydrogen-bond donors (Lipinski definition) is 0. The highest BCUT2D eigenvalue weighted by Gasteiger charge is 2.35. The molecule has 0 fully saturated rings. The molecule has 0 saturated carbocycles. The number of benzene rings is 4. The fourth-order valence-corrected chi connectivity index (χ4v) is 4.06. The number of fused-ring (bicyclic) bond motifs is 1. The summed E-state index contributed by atoms with van der Waals surface area (Å²) in [7, 11) is 0. The molecule has 2 heteroatoms. The van der Waals surface area contributed by atoms with E-state index in [1.165, 1.54) is 33.4 Å². The molecule has 0 atom stereocenters. The maximum Gasteiger partial charge on any atom is 0.328 e. The maximum absolute atomic E-state index is 2.47. The monoisotopic (exact) mass is 357 g/mol. The third-order valence-electron chi connectivity index (χ3n) is 5.32. The fourth-order valence-electron chi connectivity index (χ4n) is 4.06. The van der Waals surface area contributed by atoms with Crippen LogP contribution in [0.15, 0.2) is 115 Å². The fraction of sp³-hybridized carbons (Fsp3) is 0. The summed E-state index contributed by atoms with van der Waals surface area (Å²) in [5.74, 6) is 0. The third kappa shape index (κ3) is 2.93. The maximum atomic E-state index is 2.47. The second-order valence-corrected chi connectivity index (χ2v) is 7.04. The van der Waals surface area contributed by atoms with Crippen molar-refractivity contribution in [3.8, 4) is 0 Å². The van der Waals surface area contributed by atoms with Crippen molar-refractivity contribution in [1.82, 2.24) is 0 Å². The molecule has 1 aliphatic heterocycles. The van der Waals surface area contributed by atoms with Crippen molar-refractivity contribution in [3.05, 3.63) is 126 Å². The van der Waals surface area contributed by atoms with Gasteiger partial charge in [-0.2, -0.15) is 0 Å². The van der Waals surface area contributed by atoms with Crippen LogP contribution in [0, 0.1) is 0 Å². The summed E-state index contributed by atoms with van der Waals surface area (Å²) in [6.07, 6.45) is 2.32. The predicted molar refractivity (Wildman–Crippen MR) is 121 cm³/mol. The van der Waals surface area contributed by atoms with Crippen LogP contribution >= 0.6 is 0 Å². The van der Waals surface area contributed by atoms with Gasteiger partial charge in [-0.25, -0.2) is 0 Å². The first-order valence-electron chi connectivity index (χ1n) is 9.67. The van der Waals surface area contributed by atoms with Crippen molar-refractivity contribution >= 4 is 35.2 Å². The first kappa shape index (κ1) is 16.6. The van der Waals surface area contributed by atoms with Gasteiger partial charge in [0, 0.05) is 11.4 Å². The van der Waals surface area contributed by atoms with E-state index in [1.54, 1.807) is 0 Å². The molecule has 132 valence electrons. The standard InChI is InChI=1S/C26H20BN/c1-4-12-21(13-5-1)26-20-22-14-10-11-19-25(22)27(23-15-6-2-7-16-23)28(26)24-17-8-3-9-18-24/h1-20H. The van der Waals surface area contributed by atoms with Gasteiger partial charge in [0.2, 0.25) is 0 Å². The van der Waals surface area contributed by atoms with Gasteiger partial charge in [0.05, 0.1) is 0 Å². The Bertz CT molecular complexity index is 1100. The molecule has 0 amide bonds. The molecule has 1 heterocycles. The Morgan fingerprint density at radius 3 is 1.82 bits per heavy atom. The Hall–Kier alpha value is -3.52. The molecule has 1 aliphatic rings. The van der Waals surface area contributed by atoms with Gasteiger partial charge in [-0.15, -0.1) is 0 Å². The Balaban J connectivity index is 1.79. The molecule has 0 N–H and O–H groups in total. The zero-order chi connectivity index (χ0) is 18.8. The molecular formula is C26H20BN. The lowest BCUT2D eigenvalue weighted by atomic mass is 9.46. The second-order valence-electron chi connectivity index (χ2n) is 7.04.